The molecular weight excluding hydrogens is 540 g/mol. The summed E-state index contributed by atoms with van der Waals surface area (Å²) in [7, 11) is 0. The van der Waals surface area contributed by atoms with Gasteiger partial charge in [-0.2, -0.15) is 0 Å². The summed E-state index contributed by atoms with van der Waals surface area (Å²) in [6.45, 7) is 7.35. The second-order valence-electron chi connectivity index (χ2n) is 11.5. The van der Waals surface area contributed by atoms with Crippen molar-refractivity contribution in [2.45, 2.75) is 94.6 Å². The van der Waals surface area contributed by atoms with E-state index in [4.69, 9.17) is 18.9 Å². The van der Waals surface area contributed by atoms with E-state index in [1.807, 2.05) is 0 Å². The first-order valence-corrected chi connectivity index (χ1v) is 15.3. The topological polar surface area (TPSA) is 105 Å². The number of carbonyl (C=O) groups excluding carboxylic acids is 4. The summed E-state index contributed by atoms with van der Waals surface area (Å²) in [5.74, 6) is -2.07. The molecule has 2 heterocycles. The van der Waals surface area contributed by atoms with Crippen LogP contribution in [0.1, 0.15) is 79.1 Å². The summed E-state index contributed by atoms with van der Waals surface area (Å²) < 4.78 is 22.7. The highest BCUT2D eigenvalue weighted by Gasteiger charge is 2.43. The average molecular weight is 575 g/mol. The molecule has 39 heavy (non-hydrogen) atoms. The number of rotatable bonds is 4. The first-order valence-electron chi connectivity index (χ1n) is 13.7. The Morgan fingerprint density at radius 3 is 1.51 bits per heavy atom. The Labute approximate surface area is 236 Å². The quantitative estimate of drug-likeness (QED) is 0.174. The van der Waals surface area contributed by atoms with Crippen LogP contribution in [0.5, 0.6) is 11.5 Å². The Hall–Kier alpha value is -2.46. The number of carbonyl (C=O) groups is 4. The van der Waals surface area contributed by atoms with Gasteiger partial charge in [0.05, 0.1) is 25.9 Å². The van der Waals surface area contributed by atoms with Gasteiger partial charge in [-0.05, 0) is 75.3 Å². The fourth-order valence-electron chi connectivity index (χ4n) is 5.38. The zero-order valence-corrected chi connectivity index (χ0v) is 24.3. The van der Waals surface area contributed by atoms with Gasteiger partial charge in [-0.3, -0.25) is 9.59 Å². The molecule has 2 saturated carbocycles. The monoisotopic (exact) mass is 574 g/mol. The lowest BCUT2D eigenvalue weighted by Gasteiger charge is -2.30. The second-order valence-corrected chi connectivity index (χ2v) is 13.8. The molecule has 5 rings (SSSR count). The van der Waals surface area contributed by atoms with Crippen LogP contribution in [0.3, 0.4) is 0 Å². The molecule has 210 valence electrons. The smallest absolute Gasteiger partial charge is 0.350 e. The van der Waals surface area contributed by atoms with Crippen molar-refractivity contribution < 1.29 is 38.1 Å². The molecule has 2 aliphatic heterocycles. The van der Waals surface area contributed by atoms with E-state index >= 15 is 0 Å². The van der Waals surface area contributed by atoms with Crippen molar-refractivity contribution in [2.24, 2.45) is 23.7 Å². The number of ether oxygens (including phenoxy) is 4. The van der Waals surface area contributed by atoms with E-state index in [0.29, 0.717) is 37.4 Å². The van der Waals surface area contributed by atoms with Gasteiger partial charge in [0.25, 0.3) is 5.79 Å². The highest BCUT2D eigenvalue weighted by Crippen LogP contribution is 2.59. The summed E-state index contributed by atoms with van der Waals surface area (Å²) in [5.41, 5.74) is -0.224. The maximum absolute atomic E-state index is 13.0. The molecule has 0 spiro atoms. The van der Waals surface area contributed by atoms with E-state index in [1.54, 1.807) is 12.1 Å². The Morgan fingerprint density at radius 1 is 0.744 bits per heavy atom. The molecule has 4 aliphatic rings. The van der Waals surface area contributed by atoms with Gasteiger partial charge in [0, 0.05) is 13.8 Å². The number of hydrogen-bond donors (Lipinski definition) is 0. The molecule has 2 aliphatic carbocycles. The third-order valence-electron chi connectivity index (χ3n) is 7.84. The molecule has 3 fully saturated rings. The zero-order chi connectivity index (χ0) is 27.9. The van der Waals surface area contributed by atoms with Gasteiger partial charge >= 0.3 is 23.9 Å². The highest BCUT2D eigenvalue weighted by molar-refractivity contribution is 8.25. The van der Waals surface area contributed by atoms with E-state index < -0.39 is 17.7 Å². The van der Waals surface area contributed by atoms with Crippen molar-refractivity contribution >= 4 is 47.4 Å². The van der Waals surface area contributed by atoms with Crippen molar-refractivity contribution in [3.63, 3.8) is 0 Å². The van der Waals surface area contributed by atoms with E-state index in [-0.39, 0.29) is 29.3 Å². The van der Waals surface area contributed by atoms with E-state index in [9.17, 15) is 19.2 Å². The minimum Gasteiger partial charge on any atom is -0.425 e. The van der Waals surface area contributed by atoms with Crippen molar-refractivity contribution in [2.75, 3.05) is 0 Å². The molecular formula is C29H34O8S2. The summed E-state index contributed by atoms with van der Waals surface area (Å²) in [6, 6.07) is 3.24. The molecule has 10 heteroatoms. The Bertz CT molecular complexity index is 1130. The molecule has 0 N–H and O–H groups in total. The number of benzene rings is 1. The lowest BCUT2D eigenvalue weighted by atomic mass is 9.83. The van der Waals surface area contributed by atoms with E-state index in [2.05, 4.69) is 13.8 Å². The molecule has 0 amide bonds. The molecule has 0 bridgehead atoms. The predicted molar refractivity (Wildman–Crippen MR) is 145 cm³/mol. The van der Waals surface area contributed by atoms with Crippen LogP contribution >= 0.6 is 23.5 Å². The maximum Gasteiger partial charge on any atom is 0.350 e. The summed E-state index contributed by atoms with van der Waals surface area (Å²) in [6.07, 6.45) is 7.04. The third-order valence-corrected chi connectivity index (χ3v) is 10.5. The average Bonchev–Trinajstić information content (AvgIpc) is 3.30. The van der Waals surface area contributed by atoms with Crippen molar-refractivity contribution in [1.29, 1.82) is 0 Å². The fourth-order valence-corrected chi connectivity index (χ4v) is 8.02. The maximum atomic E-state index is 13.0. The Kier molecular flexibility index (Phi) is 8.06. The van der Waals surface area contributed by atoms with Crippen LogP contribution < -0.4 is 9.47 Å². The summed E-state index contributed by atoms with van der Waals surface area (Å²) in [4.78, 5) is 52.7. The lowest BCUT2D eigenvalue weighted by Crippen LogP contribution is -2.42. The molecule has 0 unspecified atom stereocenters. The third kappa shape index (κ3) is 6.16. The predicted octanol–water partition coefficient (Wildman–Crippen LogP) is 6.40. The van der Waals surface area contributed by atoms with Gasteiger partial charge in [0.15, 0.2) is 5.57 Å². The summed E-state index contributed by atoms with van der Waals surface area (Å²) >= 11 is 2.23. The number of hydrogen-bond acceptors (Lipinski definition) is 10. The number of cyclic esters (lactones) is 2. The summed E-state index contributed by atoms with van der Waals surface area (Å²) in [5, 5.41) is 0. The molecule has 1 saturated heterocycles. The van der Waals surface area contributed by atoms with Crippen LogP contribution in [0, 0.1) is 23.7 Å². The molecule has 0 aromatic heterocycles. The van der Waals surface area contributed by atoms with Gasteiger partial charge in [0.2, 0.25) is 0 Å². The molecule has 0 atom stereocenters. The van der Waals surface area contributed by atoms with Gasteiger partial charge in [-0.15, -0.1) is 0 Å². The van der Waals surface area contributed by atoms with Crippen LogP contribution in [0.15, 0.2) is 31.7 Å². The molecule has 1 aromatic rings. The minimum absolute atomic E-state index is 0.175. The Balaban J connectivity index is 1.43. The van der Waals surface area contributed by atoms with Crippen LogP contribution in [0.25, 0.3) is 0 Å². The van der Waals surface area contributed by atoms with Gasteiger partial charge in [-0.1, -0.05) is 37.4 Å². The van der Waals surface area contributed by atoms with Crippen LogP contribution in [-0.4, -0.2) is 29.7 Å². The van der Waals surface area contributed by atoms with E-state index in [1.165, 1.54) is 13.8 Å². The van der Waals surface area contributed by atoms with Crippen LogP contribution in [0.2, 0.25) is 0 Å². The normalized spacial score (nSPS) is 28.3. The van der Waals surface area contributed by atoms with Crippen LogP contribution in [0.4, 0.5) is 0 Å². The van der Waals surface area contributed by atoms with Crippen LogP contribution in [-0.2, 0) is 28.7 Å². The minimum atomic E-state index is -1.37. The Morgan fingerprint density at radius 2 is 1.13 bits per heavy atom. The highest BCUT2D eigenvalue weighted by atomic mass is 32.2. The number of esters is 4. The first kappa shape index (κ1) is 28.1. The SMILES string of the molecule is CC1CCC(C(=O)Oc2ccc(OC(=O)C3CCC(C)CC3)c3c2SC(=C2C(=O)OC(C)(C)OC2=O)S3)CC1. The molecule has 0 radical (unpaired) electrons. The standard InChI is InChI=1S/C29H34O8S2/c1-15-5-9-17(10-6-15)24(30)34-19-13-14-20(35-25(31)18-11-7-16(2)8-12-18)23-22(19)38-28(39-23)21-26(32)36-29(3,4)37-27(21)33/h13-18H,5-12H2,1-4H3. The molecule has 1 aromatic carbocycles. The van der Waals surface area contributed by atoms with E-state index in [0.717, 1.165) is 74.9 Å². The largest absolute Gasteiger partial charge is 0.425 e. The van der Waals surface area contributed by atoms with Crippen molar-refractivity contribution in [1.82, 2.24) is 0 Å². The van der Waals surface area contributed by atoms with Gasteiger partial charge in [-0.25, -0.2) is 9.59 Å². The van der Waals surface area contributed by atoms with Crippen molar-refractivity contribution in [3.8, 4) is 11.5 Å². The van der Waals surface area contributed by atoms with Gasteiger partial charge in [0.1, 0.15) is 11.5 Å². The molecule has 8 nitrogen and oxygen atoms in total. The first-order chi connectivity index (χ1) is 18.5. The van der Waals surface area contributed by atoms with Gasteiger partial charge < -0.3 is 18.9 Å². The number of thioether (sulfide) groups is 2. The fraction of sp³-hybridized carbons (Fsp3) is 0.586. The van der Waals surface area contributed by atoms with Crippen molar-refractivity contribution in [3.05, 3.63) is 21.9 Å². The number of fused-ring (bicyclic) bond motifs is 1. The zero-order valence-electron chi connectivity index (χ0n) is 22.7. The lowest BCUT2D eigenvalue weighted by molar-refractivity contribution is -0.222. The second kappa shape index (κ2) is 11.2.